The van der Waals surface area contributed by atoms with Crippen LogP contribution in [0.2, 0.25) is 0 Å². The van der Waals surface area contributed by atoms with Crippen LogP contribution in [-0.4, -0.2) is 23.9 Å². The van der Waals surface area contributed by atoms with Gasteiger partial charge in [0.2, 0.25) is 6.79 Å². The number of hydrogen-bond donors (Lipinski definition) is 1. The number of pyridine rings is 1. The van der Waals surface area contributed by atoms with E-state index in [0.29, 0.717) is 17.1 Å². The van der Waals surface area contributed by atoms with Crippen LogP contribution in [0.4, 0.5) is 0 Å². The van der Waals surface area contributed by atoms with Crippen molar-refractivity contribution in [3.8, 4) is 11.5 Å². The monoisotopic (exact) mass is 319 g/mol. The SMILES string of the molecule is O=C(N/N=C/c1cccc2cccnc12)c1ccc2c(c1)OCO2. The van der Waals surface area contributed by atoms with Gasteiger partial charge in [-0.15, -0.1) is 0 Å². The molecule has 3 aromatic rings. The number of fused-ring (bicyclic) bond motifs is 2. The molecule has 0 saturated carbocycles. The van der Waals surface area contributed by atoms with Crippen LogP contribution in [0.25, 0.3) is 10.9 Å². The Bertz CT molecular complexity index is 948. The van der Waals surface area contributed by atoms with Crippen LogP contribution in [0.15, 0.2) is 59.8 Å². The molecule has 0 bridgehead atoms. The molecule has 0 unspecified atom stereocenters. The molecule has 0 spiro atoms. The van der Waals surface area contributed by atoms with Crippen LogP contribution in [0.1, 0.15) is 15.9 Å². The van der Waals surface area contributed by atoms with Gasteiger partial charge >= 0.3 is 0 Å². The first kappa shape index (κ1) is 14.2. The summed E-state index contributed by atoms with van der Waals surface area (Å²) in [6.45, 7) is 0.173. The number of carbonyl (C=O) groups is 1. The second kappa shape index (κ2) is 6.00. The summed E-state index contributed by atoms with van der Waals surface area (Å²) in [6, 6.07) is 14.6. The highest BCUT2D eigenvalue weighted by Crippen LogP contribution is 2.32. The number of para-hydroxylation sites is 1. The van der Waals surface area contributed by atoms with Gasteiger partial charge in [0.15, 0.2) is 11.5 Å². The van der Waals surface area contributed by atoms with Gasteiger partial charge in [0.05, 0.1) is 11.7 Å². The van der Waals surface area contributed by atoms with E-state index in [1.165, 1.54) is 0 Å². The van der Waals surface area contributed by atoms with Gasteiger partial charge in [-0.1, -0.05) is 24.3 Å². The second-order valence-corrected chi connectivity index (χ2v) is 5.19. The van der Waals surface area contributed by atoms with E-state index in [-0.39, 0.29) is 12.7 Å². The quantitative estimate of drug-likeness (QED) is 0.595. The predicted molar refractivity (Wildman–Crippen MR) is 89.4 cm³/mol. The zero-order valence-electron chi connectivity index (χ0n) is 12.6. The molecule has 0 atom stereocenters. The normalized spacial score (nSPS) is 12.7. The van der Waals surface area contributed by atoms with E-state index in [9.17, 15) is 4.79 Å². The van der Waals surface area contributed by atoms with Crippen molar-refractivity contribution >= 4 is 23.0 Å². The molecule has 1 N–H and O–H groups in total. The first-order valence-electron chi connectivity index (χ1n) is 7.38. The number of amides is 1. The van der Waals surface area contributed by atoms with E-state index >= 15 is 0 Å². The van der Waals surface area contributed by atoms with Gasteiger partial charge in [-0.25, -0.2) is 5.43 Å². The standard InChI is InChI=1S/C18H13N3O3/c22-18(13-6-7-15-16(9-13)24-11-23-15)21-20-10-14-4-1-3-12-5-2-8-19-17(12)14/h1-10H,11H2,(H,21,22)/b20-10+. The van der Waals surface area contributed by atoms with Crippen LogP contribution < -0.4 is 14.9 Å². The van der Waals surface area contributed by atoms with Gasteiger partial charge in [0.1, 0.15) is 0 Å². The van der Waals surface area contributed by atoms with E-state index in [1.54, 1.807) is 30.6 Å². The third-order valence-electron chi connectivity index (χ3n) is 3.67. The number of aromatic nitrogens is 1. The van der Waals surface area contributed by atoms with Crippen molar-refractivity contribution in [1.29, 1.82) is 0 Å². The van der Waals surface area contributed by atoms with E-state index in [2.05, 4.69) is 15.5 Å². The molecule has 1 aliphatic heterocycles. The van der Waals surface area contributed by atoms with Gasteiger partial charge in [0, 0.05) is 22.7 Å². The number of nitrogens with one attached hydrogen (secondary N) is 1. The predicted octanol–water partition coefficient (Wildman–Crippen LogP) is 2.73. The lowest BCUT2D eigenvalue weighted by Crippen LogP contribution is -2.17. The maximum atomic E-state index is 12.2. The lowest BCUT2D eigenvalue weighted by atomic mass is 10.1. The number of hydrazone groups is 1. The van der Waals surface area contributed by atoms with E-state index < -0.39 is 0 Å². The number of benzene rings is 2. The summed E-state index contributed by atoms with van der Waals surface area (Å²) in [7, 11) is 0. The summed E-state index contributed by atoms with van der Waals surface area (Å²) >= 11 is 0. The molecule has 0 radical (unpaired) electrons. The molecular weight excluding hydrogens is 306 g/mol. The average Bonchev–Trinajstić information content (AvgIpc) is 3.09. The van der Waals surface area contributed by atoms with Gasteiger partial charge in [0.25, 0.3) is 5.91 Å². The Morgan fingerprint density at radius 3 is 2.96 bits per heavy atom. The second-order valence-electron chi connectivity index (χ2n) is 5.19. The summed E-state index contributed by atoms with van der Waals surface area (Å²) < 4.78 is 10.5. The van der Waals surface area contributed by atoms with Crippen molar-refractivity contribution in [2.45, 2.75) is 0 Å². The molecule has 1 aromatic heterocycles. The Hall–Kier alpha value is -3.41. The Morgan fingerprint density at radius 2 is 2.00 bits per heavy atom. The minimum Gasteiger partial charge on any atom is -0.454 e. The van der Waals surface area contributed by atoms with Crippen molar-refractivity contribution in [3.05, 3.63) is 65.9 Å². The number of ether oxygens (including phenoxy) is 2. The Morgan fingerprint density at radius 1 is 1.12 bits per heavy atom. The minimum absolute atomic E-state index is 0.173. The van der Waals surface area contributed by atoms with Crippen LogP contribution in [0.3, 0.4) is 0 Å². The fourth-order valence-electron chi connectivity index (χ4n) is 2.49. The average molecular weight is 319 g/mol. The highest BCUT2D eigenvalue weighted by molar-refractivity contribution is 5.99. The zero-order valence-corrected chi connectivity index (χ0v) is 12.6. The molecular formula is C18H13N3O3. The highest BCUT2D eigenvalue weighted by Gasteiger charge is 2.15. The molecule has 1 aliphatic rings. The lowest BCUT2D eigenvalue weighted by molar-refractivity contribution is 0.0954. The molecule has 2 aromatic carbocycles. The smallest absolute Gasteiger partial charge is 0.271 e. The summed E-state index contributed by atoms with van der Waals surface area (Å²) in [5.74, 6) is 0.875. The first-order valence-corrected chi connectivity index (χ1v) is 7.38. The Labute approximate surface area is 137 Å². The van der Waals surface area contributed by atoms with Crippen LogP contribution in [-0.2, 0) is 0 Å². The minimum atomic E-state index is -0.322. The van der Waals surface area contributed by atoms with Crippen molar-refractivity contribution in [2.24, 2.45) is 5.10 Å². The third kappa shape index (κ3) is 2.65. The Kier molecular flexibility index (Phi) is 3.55. The van der Waals surface area contributed by atoms with Crippen LogP contribution in [0.5, 0.6) is 11.5 Å². The fraction of sp³-hybridized carbons (Fsp3) is 0.0556. The third-order valence-corrected chi connectivity index (χ3v) is 3.67. The molecule has 6 heteroatoms. The molecule has 0 aliphatic carbocycles. The van der Waals surface area contributed by atoms with Gasteiger partial charge in [-0.3, -0.25) is 9.78 Å². The molecule has 2 heterocycles. The molecule has 1 amide bonds. The molecule has 24 heavy (non-hydrogen) atoms. The zero-order chi connectivity index (χ0) is 16.4. The molecule has 4 rings (SSSR count). The summed E-state index contributed by atoms with van der Waals surface area (Å²) in [6.07, 6.45) is 3.31. The molecule has 0 saturated heterocycles. The van der Waals surface area contributed by atoms with Crippen molar-refractivity contribution in [2.75, 3.05) is 6.79 Å². The van der Waals surface area contributed by atoms with Crippen molar-refractivity contribution < 1.29 is 14.3 Å². The Balaban J connectivity index is 1.51. The van der Waals surface area contributed by atoms with Crippen molar-refractivity contribution in [1.82, 2.24) is 10.4 Å². The number of hydrogen-bond acceptors (Lipinski definition) is 5. The molecule has 118 valence electrons. The topological polar surface area (TPSA) is 72.8 Å². The van der Waals surface area contributed by atoms with E-state index in [0.717, 1.165) is 16.5 Å². The highest BCUT2D eigenvalue weighted by atomic mass is 16.7. The summed E-state index contributed by atoms with van der Waals surface area (Å²) in [4.78, 5) is 16.5. The maximum absolute atomic E-state index is 12.2. The van der Waals surface area contributed by atoms with E-state index in [1.807, 2.05) is 30.3 Å². The summed E-state index contributed by atoms with van der Waals surface area (Å²) in [5, 5.41) is 5.04. The van der Waals surface area contributed by atoms with Crippen LogP contribution in [0, 0.1) is 0 Å². The van der Waals surface area contributed by atoms with E-state index in [4.69, 9.17) is 9.47 Å². The number of rotatable bonds is 3. The maximum Gasteiger partial charge on any atom is 0.271 e. The number of carbonyl (C=O) groups excluding carboxylic acids is 1. The molecule has 0 fully saturated rings. The largest absolute Gasteiger partial charge is 0.454 e. The van der Waals surface area contributed by atoms with Gasteiger partial charge in [-0.2, -0.15) is 5.10 Å². The van der Waals surface area contributed by atoms with Crippen LogP contribution >= 0.6 is 0 Å². The first-order chi connectivity index (χ1) is 11.8. The molecule has 6 nitrogen and oxygen atoms in total. The van der Waals surface area contributed by atoms with Crippen molar-refractivity contribution in [3.63, 3.8) is 0 Å². The summed E-state index contributed by atoms with van der Waals surface area (Å²) in [5.41, 5.74) is 4.63. The van der Waals surface area contributed by atoms with Gasteiger partial charge < -0.3 is 9.47 Å². The lowest BCUT2D eigenvalue weighted by Gasteiger charge is -2.02. The van der Waals surface area contributed by atoms with Gasteiger partial charge in [-0.05, 0) is 24.3 Å². The number of nitrogens with zero attached hydrogens (tertiary/aromatic N) is 2. The fourth-order valence-corrected chi connectivity index (χ4v) is 2.49.